The number of aromatic nitrogens is 1. The zero-order valence-corrected chi connectivity index (χ0v) is 19.6. The molecule has 0 saturated heterocycles. The number of pyridine rings is 1. The minimum absolute atomic E-state index is 0.0183. The largest absolute Gasteiger partial charge is 0.495 e. The van der Waals surface area contributed by atoms with E-state index in [-0.39, 0.29) is 45.4 Å². The predicted octanol–water partition coefficient (Wildman–Crippen LogP) is 5.24. The molecule has 0 spiro atoms. The number of hydrogen-bond donors (Lipinski definition) is 1. The van der Waals surface area contributed by atoms with E-state index in [1.807, 2.05) is 0 Å². The van der Waals surface area contributed by atoms with Crippen molar-refractivity contribution in [3.63, 3.8) is 0 Å². The van der Waals surface area contributed by atoms with Crippen LogP contribution in [-0.2, 0) is 11.2 Å². The van der Waals surface area contributed by atoms with Crippen LogP contribution in [0.15, 0.2) is 59.5 Å². The van der Waals surface area contributed by atoms with Crippen LogP contribution in [0.3, 0.4) is 0 Å². The van der Waals surface area contributed by atoms with Crippen molar-refractivity contribution < 1.29 is 33.0 Å². The predicted molar refractivity (Wildman–Crippen MR) is 126 cm³/mol. The van der Waals surface area contributed by atoms with Crippen molar-refractivity contribution in [3.8, 4) is 22.6 Å². The van der Waals surface area contributed by atoms with E-state index in [0.29, 0.717) is 12.0 Å². The van der Waals surface area contributed by atoms with Crippen LogP contribution in [0.2, 0.25) is 5.02 Å². The van der Waals surface area contributed by atoms with Crippen LogP contribution in [0.4, 0.5) is 8.78 Å². The Kier molecular flexibility index (Phi) is 8.24. The first-order valence-electron chi connectivity index (χ1n) is 10.5. The summed E-state index contributed by atoms with van der Waals surface area (Å²) in [5.74, 6) is -1.37. The third kappa shape index (κ3) is 6.05. The van der Waals surface area contributed by atoms with E-state index in [2.05, 4.69) is 4.74 Å². The quantitative estimate of drug-likeness (QED) is 0.405. The Morgan fingerprint density at radius 3 is 2.29 bits per heavy atom. The van der Waals surface area contributed by atoms with Gasteiger partial charge in [0.2, 0.25) is 0 Å². The zero-order chi connectivity index (χ0) is 25.7. The maximum Gasteiger partial charge on any atom is 0.387 e. The molecule has 7 nitrogen and oxygen atoms in total. The molecule has 184 valence electrons. The topological polar surface area (TPSA) is 94.8 Å². The molecular formula is C25H22ClF2NO6. The second-order valence-electron chi connectivity index (χ2n) is 7.59. The molecule has 0 fully saturated rings. The number of ether oxygens (including phenoxy) is 2. The van der Waals surface area contributed by atoms with Crippen molar-refractivity contribution >= 4 is 23.4 Å². The van der Waals surface area contributed by atoms with Crippen molar-refractivity contribution in [2.75, 3.05) is 7.11 Å². The van der Waals surface area contributed by atoms with E-state index in [0.717, 1.165) is 0 Å². The van der Waals surface area contributed by atoms with Gasteiger partial charge < -0.3 is 19.1 Å². The van der Waals surface area contributed by atoms with Crippen LogP contribution in [0.5, 0.6) is 11.5 Å². The normalized spacial score (nSPS) is 11.8. The van der Waals surface area contributed by atoms with Crippen LogP contribution in [-0.4, -0.2) is 35.1 Å². The lowest BCUT2D eigenvalue weighted by molar-refractivity contribution is -0.121. The van der Waals surface area contributed by atoms with E-state index >= 15 is 0 Å². The minimum atomic E-state index is -3.09. The molecular weight excluding hydrogens is 484 g/mol. The highest BCUT2D eigenvalue weighted by Crippen LogP contribution is 2.38. The average molecular weight is 506 g/mol. The molecule has 35 heavy (non-hydrogen) atoms. The van der Waals surface area contributed by atoms with Gasteiger partial charge in [0.05, 0.1) is 24.9 Å². The second-order valence-corrected chi connectivity index (χ2v) is 8.03. The standard InChI is InChI=1S/C25H22ClF2NO6/c1-3-19(20(30)10-14-4-6-15(7-5-14)24(32)33)29-13-22(34-2)18(12-23(29)31)17-11-16(26)8-9-21(17)35-25(27)28/h4-9,11-13,19,25H,3,10H2,1-2H3,(H,32,33). The van der Waals surface area contributed by atoms with Crippen LogP contribution < -0.4 is 15.0 Å². The van der Waals surface area contributed by atoms with Gasteiger partial charge in [0, 0.05) is 28.6 Å². The number of carboxylic acids is 1. The molecule has 1 N–H and O–H groups in total. The molecule has 1 atom stereocenters. The summed E-state index contributed by atoms with van der Waals surface area (Å²) in [5.41, 5.74) is 0.462. The Balaban J connectivity index is 1.99. The van der Waals surface area contributed by atoms with Gasteiger partial charge in [0.15, 0.2) is 5.78 Å². The van der Waals surface area contributed by atoms with Crippen molar-refractivity contribution in [1.29, 1.82) is 0 Å². The van der Waals surface area contributed by atoms with Crippen LogP contribution in [0.1, 0.15) is 35.3 Å². The molecule has 1 heterocycles. The van der Waals surface area contributed by atoms with E-state index in [1.165, 1.54) is 54.3 Å². The number of carbonyl (C=O) groups excluding carboxylic acids is 1. The summed E-state index contributed by atoms with van der Waals surface area (Å²) in [4.78, 5) is 37.1. The highest BCUT2D eigenvalue weighted by atomic mass is 35.5. The number of ketones is 1. The van der Waals surface area contributed by atoms with E-state index < -0.39 is 24.2 Å². The van der Waals surface area contributed by atoms with E-state index in [9.17, 15) is 23.2 Å². The van der Waals surface area contributed by atoms with Gasteiger partial charge >= 0.3 is 12.6 Å². The molecule has 0 bridgehead atoms. The maximum atomic E-state index is 13.1. The number of methoxy groups -OCH3 is 1. The summed E-state index contributed by atoms with van der Waals surface area (Å²) in [6.07, 6.45) is 1.63. The summed E-state index contributed by atoms with van der Waals surface area (Å²) >= 11 is 6.04. The average Bonchev–Trinajstić information content (AvgIpc) is 2.81. The lowest BCUT2D eigenvalue weighted by Crippen LogP contribution is -2.30. The van der Waals surface area contributed by atoms with Gasteiger partial charge in [-0.1, -0.05) is 30.7 Å². The fourth-order valence-electron chi connectivity index (χ4n) is 3.72. The number of Topliss-reactive ketones (excluding diaryl/α,β-unsaturated/α-hetero) is 1. The number of rotatable bonds is 10. The number of benzene rings is 2. The number of carbonyl (C=O) groups is 2. The molecule has 0 amide bonds. The third-order valence-corrected chi connectivity index (χ3v) is 5.62. The summed E-state index contributed by atoms with van der Waals surface area (Å²) < 4.78 is 37.0. The summed E-state index contributed by atoms with van der Waals surface area (Å²) in [6, 6.07) is 10.3. The Bertz CT molecular complexity index is 1290. The molecule has 3 aromatic rings. The van der Waals surface area contributed by atoms with Gasteiger partial charge in [-0.25, -0.2) is 4.79 Å². The summed E-state index contributed by atoms with van der Waals surface area (Å²) in [5, 5.41) is 9.26. The Morgan fingerprint density at radius 2 is 1.71 bits per heavy atom. The molecule has 2 aromatic carbocycles. The SMILES string of the molecule is CCC(C(=O)Cc1ccc(C(=O)O)cc1)n1cc(OC)c(-c2cc(Cl)ccc2OC(F)F)cc1=O. The number of carboxylic acid groups (broad SMARTS) is 1. The molecule has 3 rings (SSSR count). The third-order valence-electron chi connectivity index (χ3n) is 5.39. The molecule has 0 saturated carbocycles. The highest BCUT2D eigenvalue weighted by Gasteiger charge is 2.23. The Hall–Kier alpha value is -3.72. The molecule has 0 radical (unpaired) electrons. The van der Waals surface area contributed by atoms with Gasteiger partial charge in [0.1, 0.15) is 11.5 Å². The molecule has 10 heteroatoms. The van der Waals surface area contributed by atoms with Crippen molar-refractivity contribution in [3.05, 3.63) is 81.2 Å². The van der Waals surface area contributed by atoms with Gasteiger partial charge in [0.25, 0.3) is 5.56 Å². The fraction of sp³-hybridized carbons (Fsp3) is 0.240. The number of alkyl halides is 2. The Morgan fingerprint density at radius 1 is 1.06 bits per heavy atom. The van der Waals surface area contributed by atoms with Crippen LogP contribution >= 0.6 is 11.6 Å². The number of hydrogen-bond acceptors (Lipinski definition) is 5. The number of aromatic carboxylic acids is 1. The van der Waals surface area contributed by atoms with Gasteiger partial charge in [-0.2, -0.15) is 8.78 Å². The smallest absolute Gasteiger partial charge is 0.387 e. The Labute approximate surface area is 204 Å². The molecule has 1 aromatic heterocycles. The second kappa shape index (κ2) is 11.1. The lowest BCUT2D eigenvalue weighted by atomic mass is 10.00. The maximum absolute atomic E-state index is 13.1. The highest BCUT2D eigenvalue weighted by molar-refractivity contribution is 6.31. The van der Waals surface area contributed by atoms with Gasteiger partial charge in [-0.3, -0.25) is 9.59 Å². The van der Waals surface area contributed by atoms with E-state index in [4.69, 9.17) is 21.4 Å². The van der Waals surface area contributed by atoms with E-state index in [1.54, 1.807) is 19.1 Å². The van der Waals surface area contributed by atoms with Gasteiger partial charge in [-0.15, -0.1) is 0 Å². The van der Waals surface area contributed by atoms with Crippen molar-refractivity contribution in [2.24, 2.45) is 0 Å². The molecule has 0 aliphatic carbocycles. The van der Waals surface area contributed by atoms with Crippen LogP contribution in [0, 0.1) is 0 Å². The monoisotopic (exact) mass is 505 g/mol. The van der Waals surface area contributed by atoms with Crippen LogP contribution in [0.25, 0.3) is 11.1 Å². The lowest BCUT2D eigenvalue weighted by Gasteiger charge is -2.20. The van der Waals surface area contributed by atoms with Crippen molar-refractivity contribution in [2.45, 2.75) is 32.4 Å². The number of halogens is 3. The molecule has 1 unspecified atom stereocenters. The van der Waals surface area contributed by atoms with Crippen molar-refractivity contribution in [1.82, 2.24) is 4.57 Å². The first-order valence-corrected chi connectivity index (χ1v) is 10.9. The van der Waals surface area contributed by atoms with Gasteiger partial charge in [-0.05, 0) is 42.3 Å². The first-order chi connectivity index (χ1) is 16.6. The molecule has 0 aliphatic rings. The summed E-state index contributed by atoms with van der Waals surface area (Å²) in [6.45, 7) is -1.35. The summed E-state index contributed by atoms with van der Waals surface area (Å²) in [7, 11) is 1.35. The molecule has 0 aliphatic heterocycles. The zero-order valence-electron chi connectivity index (χ0n) is 18.8. The minimum Gasteiger partial charge on any atom is -0.495 e. The first kappa shape index (κ1) is 25.9. The fourth-order valence-corrected chi connectivity index (χ4v) is 3.89. The number of nitrogens with zero attached hydrogens (tertiary/aromatic N) is 1.